The van der Waals surface area contributed by atoms with E-state index in [2.05, 4.69) is 0 Å². The van der Waals surface area contributed by atoms with Gasteiger partial charge in [0.15, 0.2) is 5.22 Å². The standard InChI is InChI=1S/C29H25ClF4N4O4/c1-15(2)24(37(12-11-35)27(39)16-3-5-17(6-4-16)29(32,33)34)26-36-23-20-13-18(31)7-9-21(20)42-25(23)28(40)38(26)14-19-8-10-22(30)41-19/h3-10,13,15,24H,11-12,14,35H2,1-2H3. The molecule has 42 heavy (non-hydrogen) atoms. The smallest absolute Gasteiger partial charge is 0.416 e. The first-order chi connectivity index (χ1) is 19.9. The van der Waals surface area contributed by atoms with E-state index in [1.165, 1.54) is 33.7 Å². The minimum atomic E-state index is -4.57. The van der Waals surface area contributed by atoms with Crippen LogP contribution < -0.4 is 11.3 Å². The second-order valence-electron chi connectivity index (χ2n) is 10.0. The molecule has 3 aromatic heterocycles. The topological polar surface area (TPSA) is 108 Å². The Morgan fingerprint density at radius 1 is 1.10 bits per heavy atom. The Labute approximate surface area is 241 Å². The number of benzene rings is 2. The van der Waals surface area contributed by atoms with Gasteiger partial charge in [-0.1, -0.05) is 13.8 Å². The maximum atomic E-state index is 14.2. The Bertz CT molecular complexity index is 1830. The predicted molar refractivity (Wildman–Crippen MR) is 148 cm³/mol. The summed E-state index contributed by atoms with van der Waals surface area (Å²) < 4.78 is 66.2. The van der Waals surface area contributed by atoms with Gasteiger partial charge in [0.25, 0.3) is 11.5 Å². The Hall–Kier alpha value is -4.16. The number of nitrogens with zero attached hydrogens (tertiary/aromatic N) is 3. The number of amides is 1. The summed E-state index contributed by atoms with van der Waals surface area (Å²) >= 11 is 5.96. The van der Waals surface area contributed by atoms with Crippen LogP contribution in [0.1, 0.15) is 47.4 Å². The van der Waals surface area contributed by atoms with Gasteiger partial charge in [0.05, 0.1) is 18.2 Å². The van der Waals surface area contributed by atoms with Crippen molar-refractivity contribution in [1.29, 1.82) is 0 Å². The lowest BCUT2D eigenvalue weighted by atomic mass is 9.99. The first-order valence-corrected chi connectivity index (χ1v) is 13.3. The number of carbonyl (C=O) groups excluding carboxylic acids is 1. The van der Waals surface area contributed by atoms with Crippen LogP contribution in [0.3, 0.4) is 0 Å². The highest BCUT2D eigenvalue weighted by Gasteiger charge is 2.35. The summed E-state index contributed by atoms with van der Waals surface area (Å²) in [5.41, 5.74) is 4.57. The van der Waals surface area contributed by atoms with Gasteiger partial charge < -0.3 is 19.5 Å². The molecule has 0 saturated heterocycles. The second-order valence-corrected chi connectivity index (χ2v) is 10.4. The molecule has 1 unspecified atom stereocenters. The summed E-state index contributed by atoms with van der Waals surface area (Å²) in [4.78, 5) is 33.9. The van der Waals surface area contributed by atoms with Crippen molar-refractivity contribution in [2.75, 3.05) is 13.1 Å². The molecular formula is C29H25ClF4N4O4. The van der Waals surface area contributed by atoms with E-state index in [4.69, 9.17) is 31.2 Å². The number of fused-ring (bicyclic) bond motifs is 3. The Balaban J connectivity index is 1.72. The summed E-state index contributed by atoms with van der Waals surface area (Å²) in [5, 5.41) is 0.356. The van der Waals surface area contributed by atoms with Crippen LogP contribution >= 0.6 is 11.6 Å². The van der Waals surface area contributed by atoms with Crippen LogP contribution in [-0.2, 0) is 12.7 Å². The fraction of sp³-hybridized carbons (Fsp3) is 0.276. The van der Waals surface area contributed by atoms with Crippen molar-refractivity contribution in [3.05, 3.63) is 98.7 Å². The van der Waals surface area contributed by atoms with Gasteiger partial charge >= 0.3 is 6.18 Å². The molecule has 1 atom stereocenters. The molecule has 0 spiro atoms. The van der Waals surface area contributed by atoms with Gasteiger partial charge in [0.2, 0.25) is 5.58 Å². The minimum Gasteiger partial charge on any atom is -0.448 e. The maximum Gasteiger partial charge on any atom is 0.416 e. The lowest BCUT2D eigenvalue weighted by molar-refractivity contribution is -0.137. The van der Waals surface area contributed by atoms with E-state index in [1.807, 2.05) is 0 Å². The number of aromatic nitrogens is 2. The normalized spacial score (nSPS) is 12.9. The Morgan fingerprint density at radius 2 is 1.81 bits per heavy atom. The molecule has 0 aliphatic rings. The molecule has 0 fully saturated rings. The summed E-state index contributed by atoms with van der Waals surface area (Å²) in [6.45, 7) is 3.46. The number of alkyl halides is 3. The highest BCUT2D eigenvalue weighted by Crippen LogP contribution is 2.34. The molecule has 0 aliphatic carbocycles. The van der Waals surface area contributed by atoms with Crippen LogP contribution in [0.4, 0.5) is 17.6 Å². The minimum absolute atomic E-state index is 0.00859. The van der Waals surface area contributed by atoms with Crippen LogP contribution in [0, 0.1) is 11.7 Å². The van der Waals surface area contributed by atoms with Crippen molar-refractivity contribution in [2.45, 2.75) is 32.6 Å². The summed E-state index contributed by atoms with van der Waals surface area (Å²) in [6, 6.07) is 9.79. The van der Waals surface area contributed by atoms with Crippen molar-refractivity contribution in [3.8, 4) is 0 Å². The summed E-state index contributed by atoms with van der Waals surface area (Å²) in [5.74, 6) is -1.12. The molecule has 1 amide bonds. The molecule has 0 radical (unpaired) electrons. The van der Waals surface area contributed by atoms with Crippen LogP contribution in [0.15, 0.2) is 68.2 Å². The predicted octanol–water partition coefficient (Wildman–Crippen LogP) is 6.39. The number of rotatable bonds is 8. The summed E-state index contributed by atoms with van der Waals surface area (Å²) in [6.07, 6.45) is -4.57. The first-order valence-electron chi connectivity index (χ1n) is 12.9. The lowest BCUT2D eigenvalue weighted by Gasteiger charge is -2.35. The van der Waals surface area contributed by atoms with Gasteiger partial charge in [0.1, 0.15) is 28.5 Å². The first kappa shape index (κ1) is 29.3. The molecule has 5 aromatic rings. The zero-order valence-electron chi connectivity index (χ0n) is 22.4. The number of hydrogen-bond acceptors (Lipinski definition) is 6. The third-order valence-corrected chi connectivity index (χ3v) is 7.03. The molecule has 0 bridgehead atoms. The van der Waals surface area contributed by atoms with E-state index in [0.29, 0.717) is 5.76 Å². The van der Waals surface area contributed by atoms with Gasteiger partial charge in [-0.2, -0.15) is 13.2 Å². The molecule has 5 rings (SSSR count). The van der Waals surface area contributed by atoms with Crippen molar-refractivity contribution in [3.63, 3.8) is 0 Å². The van der Waals surface area contributed by atoms with Gasteiger partial charge in [-0.25, -0.2) is 9.37 Å². The average molecular weight is 605 g/mol. The van der Waals surface area contributed by atoms with E-state index in [0.717, 1.165) is 24.3 Å². The van der Waals surface area contributed by atoms with Crippen LogP contribution in [-0.4, -0.2) is 33.4 Å². The fourth-order valence-corrected chi connectivity index (χ4v) is 5.12. The Morgan fingerprint density at radius 3 is 2.40 bits per heavy atom. The SMILES string of the molecule is CC(C)C(c1nc2c(oc3ccc(F)cc32)c(=O)n1Cc1ccc(Cl)o1)N(CCN)C(=O)c1ccc(C(F)(F)F)cc1. The molecule has 220 valence electrons. The lowest BCUT2D eigenvalue weighted by Crippen LogP contribution is -2.43. The average Bonchev–Trinajstić information content (AvgIpc) is 3.52. The van der Waals surface area contributed by atoms with Crippen molar-refractivity contribution < 1.29 is 31.2 Å². The van der Waals surface area contributed by atoms with Crippen molar-refractivity contribution in [2.24, 2.45) is 11.7 Å². The van der Waals surface area contributed by atoms with Crippen molar-refractivity contribution in [1.82, 2.24) is 14.5 Å². The molecular weight excluding hydrogens is 580 g/mol. The molecule has 2 aromatic carbocycles. The van der Waals surface area contributed by atoms with Gasteiger partial charge in [-0.15, -0.1) is 0 Å². The second kappa shape index (κ2) is 11.3. The molecule has 3 heterocycles. The van der Waals surface area contributed by atoms with Crippen LogP contribution in [0.2, 0.25) is 5.22 Å². The number of nitrogens with two attached hydrogens (primary N) is 1. The molecule has 2 N–H and O–H groups in total. The third kappa shape index (κ3) is 5.51. The highest BCUT2D eigenvalue weighted by molar-refractivity contribution is 6.28. The zero-order valence-corrected chi connectivity index (χ0v) is 23.2. The van der Waals surface area contributed by atoms with Crippen LogP contribution in [0.5, 0.6) is 0 Å². The Kier molecular flexibility index (Phi) is 7.86. The van der Waals surface area contributed by atoms with E-state index in [-0.39, 0.29) is 64.2 Å². The largest absolute Gasteiger partial charge is 0.448 e. The maximum absolute atomic E-state index is 14.2. The molecule has 0 saturated carbocycles. The molecule has 13 heteroatoms. The molecule has 8 nitrogen and oxygen atoms in total. The number of hydrogen-bond donors (Lipinski definition) is 1. The quantitative estimate of drug-likeness (QED) is 0.206. The fourth-order valence-electron chi connectivity index (χ4n) is 4.96. The number of furan rings is 2. The van der Waals surface area contributed by atoms with Crippen LogP contribution in [0.25, 0.3) is 22.1 Å². The highest BCUT2D eigenvalue weighted by atomic mass is 35.5. The van der Waals surface area contributed by atoms with E-state index in [1.54, 1.807) is 19.9 Å². The van der Waals surface area contributed by atoms with E-state index < -0.39 is 35.1 Å². The van der Waals surface area contributed by atoms with Crippen molar-refractivity contribution >= 4 is 39.6 Å². The number of halogens is 5. The van der Waals surface area contributed by atoms with Gasteiger partial charge in [-0.05, 0) is 72.1 Å². The molecule has 0 aliphatic heterocycles. The zero-order chi connectivity index (χ0) is 30.3. The summed E-state index contributed by atoms with van der Waals surface area (Å²) in [7, 11) is 0. The third-order valence-electron chi connectivity index (χ3n) is 6.83. The number of carbonyl (C=O) groups is 1. The van der Waals surface area contributed by atoms with Gasteiger partial charge in [0, 0.05) is 24.0 Å². The van der Waals surface area contributed by atoms with E-state index in [9.17, 15) is 27.2 Å². The van der Waals surface area contributed by atoms with Gasteiger partial charge in [-0.3, -0.25) is 14.2 Å². The monoisotopic (exact) mass is 604 g/mol. The van der Waals surface area contributed by atoms with E-state index >= 15 is 0 Å².